The van der Waals surface area contributed by atoms with E-state index in [0.29, 0.717) is 18.2 Å². The molecule has 0 spiro atoms. The second-order valence-electron chi connectivity index (χ2n) is 6.60. The third-order valence-corrected chi connectivity index (χ3v) is 4.80. The molecule has 19 heavy (non-hydrogen) atoms. The number of ether oxygens (including phenoxy) is 1. The van der Waals surface area contributed by atoms with Crippen molar-refractivity contribution in [3.05, 3.63) is 0 Å². The number of hydrogen-bond donors (Lipinski definition) is 1. The molecule has 2 aliphatic rings. The lowest BCUT2D eigenvalue weighted by Gasteiger charge is -2.42. The van der Waals surface area contributed by atoms with Gasteiger partial charge in [-0.2, -0.15) is 0 Å². The average Bonchev–Trinajstić information content (AvgIpc) is 2.91. The van der Waals surface area contributed by atoms with Gasteiger partial charge in [0.1, 0.15) is 0 Å². The summed E-state index contributed by atoms with van der Waals surface area (Å²) in [7, 11) is 0. The van der Waals surface area contributed by atoms with Crippen LogP contribution >= 0.6 is 0 Å². The first-order chi connectivity index (χ1) is 9.20. The molecular formula is C16H32N2O. The Labute approximate surface area is 119 Å². The fraction of sp³-hybridized carbons (Fsp3) is 1.00. The molecule has 0 bridgehead atoms. The van der Waals surface area contributed by atoms with Gasteiger partial charge in [0.15, 0.2) is 0 Å². The molecule has 3 atom stereocenters. The molecule has 3 unspecified atom stereocenters. The highest BCUT2D eigenvalue weighted by molar-refractivity contribution is 4.87. The first-order valence-corrected chi connectivity index (χ1v) is 8.29. The van der Waals surface area contributed by atoms with Crippen LogP contribution in [0.3, 0.4) is 0 Å². The van der Waals surface area contributed by atoms with Crippen LogP contribution in [-0.4, -0.2) is 49.3 Å². The highest BCUT2D eigenvalue weighted by Crippen LogP contribution is 2.20. The van der Waals surface area contributed by atoms with Crippen molar-refractivity contribution in [2.45, 2.75) is 71.1 Å². The molecule has 2 fully saturated rings. The first-order valence-electron chi connectivity index (χ1n) is 8.29. The summed E-state index contributed by atoms with van der Waals surface area (Å²) >= 11 is 0. The van der Waals surface area contributed by atoms with Gasteiger partial charge in [-0.15, -0.1) is 0 Å². The molecule has 1 N–H and O–H groups in total. The van der Waals surface area contributed by atoms with E-state index in [1.807, 2.05) is 0 Å². The minimum absolute atomic E-state index is 0.558. The zero-order valence-electron chi connectivity index (χ0n) is 13.0. The molecule has 2 heterocycles. The molecule has 3 nitrogen and oxygen atoms in total. The van der Waals surface area contributed by atoms with Gasteiger partial charge in [-0.05, 0) is 44.6 Å². The summed E-state index contributed by atoms with van der Waals surface area (Å²) in [5.41, 5.74) is 0. The van der Waals surface area contributed by atoms with Gasteiger partial charge < -0.3 is 10.1 Å². The van der Waals surface area contributed by atoms with Crippen molar-refractivity contribution in [2.24, 2.45) is 5.92 Å². The molecule has 0 radical (unpaired) electrons. The van der Waals surface area contributed by atoms with E-state index in [4.69, 9.17) is 4.74 Å². The molecular weight excluding hydrogens is 236 g/mol. The van der Waals surface area contributed by atoms with E-state index in [-0.39, 0.29) is 0 Å². The number of piperazine rings is 1. The summed E-state index contributed by atoms with van der Waals surface area (Å²) in [5.74, 6) is 0.744. The highest BCUT2D eigenvalue weighted by atomic mass is 16.5. The summed E-state index contributed by atoms with van der Waals surface area (Å²) < 4.78 is 5.73. The van der Waals surface area contributed by atoms with Gasteiger partial charge in [-0.3, -0.25) is 4.90 Å². The Balaban J connectivity index is 1.76. The minimum Gasteiger partial charge on any atom is -0.378 e. The van der Waals surface area contributed by atoms with E-state index in [2.05, 4.69) is 31.0 Å². The standard InChI is InChI=1S/C16H32N2O/c1-4-14-12-18(16(11-17-14)13(2)3)9-5-7-15-8-6-10-19-15/h13-17H,4-12H2,1-3H3. The zero-order chi connectivity index (χ0) is 13.7. The smallest absolute Gasteiger partial charge is 0.0576 e. The number of hydrogen-bond acceptors (Lipinski definition) is 3. The van der Waals surface area contributed by atoms with Gasteiger partial charge in [0.25, 0.3) is 0 Å². The third-order valence-electron chi connectivity index (χ3n) is 4.80. The van der Waals surface area contributed by atoms with Crippen molar-refractivity contribution in [1.82, 2.24) is 10.2 Å². The molecule has 0 aromatic rings. The molecule has 0 amide bonds. The maximum absolute atomic E-state index is 5.73. The van der Waals surface area contributed by atoms with Crippen LogP contribution in [0.5, 0.6) is 0 Å². The van der Waals surface area contributed by atoms with E-state index in [1.165, 1.54) is 45.2 Å². The third kappa shape index (κ3) is 4.44. The van der Waals surface area contributed by atoms with Crippen LogP contribution in [-0.2, 0) is 4.74 Å². The highest BCUT2D eigenvalue weighted by Gasteiger charge is 2.28. The van der Waals surface area contributed by atoms with Gasteiger partial charge in [0.2, 0.25) is 0 Å². The second-order valence-corrected chi connectivity index (χ2v) is 6.60. The summed E-state index contributed by atoms with van der Waals surface area (Å²) in [4.78, 5) is 2.73. The Kier molecular flexibility index (Phi) is 6.11. The lowest BCUT2D eigenvalue weighted by Crippen LogP contribution is -2.58. The van der Waals surface area contributed by atoms with E-state index in [0.717, 1.165) is 19.1 Å². The molecule has 0 saturated carbocycles. The molecule has 2 rings (SSSR count). The predicted octanol–water partition coefficient (Wildman–Crippen LogP) is 2.65. The average molecular weight is 268 g/mol. The van der Waals surface area contributed by atoms with Crippen molar-refractivity contribution in [1.29, 1.82) is 0 Å². The van der Waals surface area contributed by atoms with Crippen molar-refractivity contribution in [3.63, 3.8) is 0 Å². The Bertz CT molecular complexity index is 251. The van der Waals surface area contributed by atoms with E-state index in [9.17, 15) is 0 Å². The topological polar surface area (TPSA) is 24.5 Å². The molecule has 112 valence electrons. The first kappa shape index (κ1) is 15.3. The van der Waals surface area contributed by atoms with Gasteiger partial charge in [-0.1, -0.05) is 20.8 Å². The monoisotopic (exact) mass is 268 g/mol. The van der Waals surface area contributed by atoms with Crippen LogP contribution in [0.4, 0.5) is 0 Å². The SMILES string of the molecule is CCC1CN(CCCC2CCCO2)C(C(C)C)CN1. The van der Waals surface area contributed by atoms with Crippen molar-refractivity contribution < 1.29 is 4.74 Å². The Morgan fingerprint density at radius 3 is 2.84 bits per heavy atom. The molecule has 3 heteroatoms. The van der Waals surface area contributed by atoms with Crippen LogP contribution in [0.2, 0.25) is 0 Å². The molecule has 0 aromatic heterocycles. The Morgan fingerprint density at radius 2 is 2.21 bits per heavy atom. The fourth-order valence-corrected chi connectivity index (χ4v) is 3.48. The largest absolute Gasteiger partial charge is 0.378 e. The molecule has 2 saturated heterocycles. The lowest BCUT2D eigenvalue weighted by molar-refractivity contribution is 0.0760. The summed E-state index contributed by atoms with van der Waals surface area (Å²) in [6.07, 6.45) is 6.91. The minimum atomic E-state index is 0.558. The summed E-state index contributed by atoms with van der Waals surface area (Å²) in [6, 6.07) is 1.41. The maximum atomic E-state index is 5.73. The predicted molar refractivity (Wildman–Crippen MR) is 80.5 cm³/mol. The van der Waals surface area contributed by atoms with Gasteiger partial charge in [0.05, 0.1) is 6.10 Å². The Morgan fingerprint density at radius 1 is 1.37 bits per heavy atom. The van der Waals surface area contributed by atoms with Gasteiger partial charge in [0, 0.05) is 31.8 Å². The second kappa shape index (κ2) is 7.61. The van der Waals surface area contributed by atoms with Crippen molar-refractivity contribution in [3.8, 4) is 0 Å². The van der Waals surface area contributed by atoms with Crippen molar-refractivity contribution in [2.75, 3.05) is 26.2 Å². The molecule has 0 aromatic carbocycles. The van der Waals surface area contributed by atoms with Crippen LogP contribution in [0.1, 0.15) is 52.9 Å². The van der Waals surface area contributed by atoms with Gasteiger partial charge >= 0.3 is 0 Å². The van der Waals surface area contributed by atoms with E-state index < -0.39 is 0 Å². The maximum Gasteiger partial charge on any atom is 0.0576 e. The van der Waals surface area contributed by atoms with Gasteiger partial charge in [-0.25, -0.2) is 0 Å². The van der Waals surface area contributed by atoms with E-state index in [1.54, 1.807) is 0 Å². The number of rotatable bonds is 6. The van der Waals surface area contributed by atoms with Crippen LogP contribution in [0, 0.1) is 5.92 Å². The quantitative estimate of drug-likeness (QED) is 0.801. The van der Waals surface area contributed by atoms with E-state index >= 15 is 0 Å². The van der Waals surface area contributed by atoms with Crippen molar-refractivity contribution >= 4 is 0 Å². The van der Waals surface area contributed by atoms with Crippen LogP contribution in [0.25, 0.3) is 0 Å². The zero-order valence-corrected chi connectivity index (χ0v) is 13.0. The normalized spacial score (nSPS) is 33.2. The lowest BCUT2D eigenvalue weighted by atomic mass is 9.97. The fourth-order valence-electron chi connectivity index (χ4n) is 3.48. The molecule has 2 aliphatic heterocycles. The number of nitrogens with zero attached hydrogens (tertiary/aromatic N) is 1. The van der Waals surface area contributed by atoms with Crippen LogP contribution in [0.15, 0.2) is 0 Å². The molecule has 0 aliphatic carbocycles. The van der Waals surface area contributed by atoms with Crippen LogP contribution < -0.4 is 5.32 Å². The summed E-state index contributed by atoms with van der Waals surface area (Å²) in [5, 5.41) is 3.70. The summed E-state index contributed by atoms with van der Waals surface area (Å²) in [6.45, 7) is 11.6. The Hall–Kier alpha value is -0.120. The number of nitrogens with one attached hydrogen (secondary N) is 1.